The van der Waals surface area contributed by atoms with E-state index in [1.807, 2.05) is 27.7 Å². The minimum absolute atomic E-state index is 0.0705. The van der Waals surface area contributed by atoms with Crippen molar-refractivity contribution in [3.05, 3.63) is 34.4 Å². The molecule has 0 bridgehead atoms. The molecule has 2 N–H and O–H groups in total. The molecule has 0 saturated heterocycles. The van der Waals surface area contributed by atoms with Crippen molar-refractivity contribution < 1.29 is 23.9 Å². The van der Waals surface area contributed by atoms with E-state index >= 15 is 0 Å². The first-order valence-corrected chi connectivity index (χ1v) is 8.75. The van der Waals surface area contributed by atoms with E-state index in [9.17, 15) is 14.4 Å². The topological polar surface area (TPSA) is 93.7 Å². The van der Waals surface area contributed by atoms with E-state index in [2.05, 4.69) is 10.6 Å². The highest BCUT2D eigenvalue weighted by Gasteiger charge is 2.27. The molecule has 2 amide bonds. The van der Waals surface area contributed by atoms with Crippen molar-refractivity contribution in [2.75, 3.05) is 12.5 Å². The number of ether oxygens (including phenoxy) is 2. The number of amides is 2. The summed E-state index contributed by atoms with van der Waals surface area (Å²) < 4.78 is 10.3. The number of cyclic esters (lactones) is 1. The zero-order chi connectivity index (χ0) is 19.5. The van der Waals surface area contributed by atoms with E-state index in [-0.39, 0.29) is 31.0 Å². The third-order valence-corrected chi connectivity index (χ3v) is 4.14. The summed E-state index contributed by atoms with van der Waals surface area (Å²) >= 11 is 5.59. The van der Waals surface area contributed by atoms with E-state index < -0.39 is 17.7 Å². The first kappa shape index (κ1) is 20.0. The Labute approximate surface area is 157 Å². The van der Waals surface area contributed by atoms with Gasteiger partial charge in [0.15, 0.2) is 0 Å². The molecule has 0 radical (unpaired) electrons. The van der Waals surface area contributed by atoms with Crippen LogP contribution in [0.15, 0.2) is 12.1 Å². The third kappa shape index (κ3) is 4.88. The number of hydrogen-bond acceptors (Lipinski definition) is 5. The number of fused-ring (bicyclic) bond motifs is 1. The molecule has 8 heteroatoms. The molecule has 26 heavy (non-hydrogen) atoms. The normalized spacial score (nSPS) is 14.3. The summed E-state index contributed by atoms with van der Waals surface area (Å²) in [7, 11) is 0. The number of benzene rings is 1. The van der Waals surface area contributed by atoms with Gasteiger partial charge in [-0.15, -0.1) is 11.6 Å². The molecule has 0 fully saturated rings. The molecule has 0 aromatic heterocycles. The largest absolute Gasteiger partial charge is 0.457 e. The first-order valence-electron chi connectivity index (χ1n) is 8.22. The number of carbonyl (C=O) groups excluding carboxylic acids is 3. The maximum Gasteiger partial charge on any atom is 0.407 e. The molecule has 0 aliphatic carbocycles. The highest BCUT2D eigenvalue weighted by molar-refractivity contribution is 6.27. The summed E-state index contributed by atoms with van der Waals surface area (Å²) in [5, 5.41) is 5.43. The van der Waals surface area contributed by atoms with E-state index in [1.54, 1.807) is 12.1 Å². The lowest BCUT2D eigenvalue weighted by Gasteiger charge is -2.24. The maximum atomic E-state index is 11.9. The number of hydrogen-bond donors (Lipinski definition) is 2. The van der Waals surface area contributed by atoms with Gasteiger partial charge in [0.25, 0.3) is 0 Å². The molecular formula is C18H23ClN2O5. The van der Waals surface area contributed by atoms with Gasteiger partial charge in [0, 0.05) is 11.1 Å². The number of carbonyl (C=O) groups is 3. The monoisotopic (exact) mass is 382 g/mol. The second kappa shape index (κ2) is 7.95. The van der Waals surface area contributed by atoms with Gasteiger partial charge in [0.2, 0.25) is 5.91 Å². The van der Waals surface area contributed by atoms with Crippen molar-refractivity contribution in [3.63, 3.8) is 0 Å². The van der Waals surface area contributed by atoms with Crippen LogP contribution in [0.2, 0.25) is 0 Å². The highest BCUT2D eigenvalue weighted by Crippen LogP contribution is 2.29. The standard InChI is InChI=1S/C18H23ClN2O5/c1-10-11(5-6-12-13(10)8-25-16(12)23)14(20-15(22)7-19)9-26-17(24)21-18(2,3)4/h5-6,14H,7-9H2,1-4H3,(H,20,22)(H,21,24)/t14-/m0/s1. The molecule has 7 nitrogen and oxygen atoms in total. The fourth-order valence-corrected chi connectivity index (χ4v) is 2.77. The molecule has 1 heterocycles. The molecule has 2 rings (SSSR count). The maximum absolute atomic E-state index is 11.9. The number of alkyl carbamates (subject to hydrolysis) is 1. The Morgan fingerprint density at radius 1 is 1.35 bits per heavy atom. The summed E-state index contributed by atoms with van der Waals surface area (Å²) in [6.07, 6.45) is -0.583. The highest BCUT2D eigenvalue weighted by atomic mass is 35.5. The average Bonchev–Trinajstić information content (AvgIpc) is 2.92. The molecule has 1 aliphatic heterocycles. The van der Waals surface area contributed by atoms with Gasteiger partial charge >= 0.3 is 12.1 Å². The van der Waals surface area contributed by atoms with Crippen LogP contribution >= 0.6 is 11.6 Å². The summed E-state index contributed by atoms with van der Waals surface area (Å²) in [6, 6.07) is 2.79. The van der Waals surface area contributed by atoms with Gasteiger partial charge in [-0.3, -0.25) is 4.79 Å². The Kier molecular flexibility index (Phi) is 6.13. The van der Waals surface area contributed by atoms with Crippen molar-refractivity contribution >= 4 is 29.6 Å². The summed E-state index contributed by atoms with van der Waals surface area (Å²) in [5.41, 5.74) is 2.40. The molecule has 1 atom stereocenters. The number of esters is 1. The molecule has 0 saturated carbocycles. The van der Waals surface area contributed by atoms with Gasteiger partial charge in [-0.1, -0.05) is 6.07 Å². The molecule has 1 aliphatic rings. The lowest BCUT2D eigenvalue weighted by Crippen LogP contribution is -2.42. The van der Waals surface area contributed by atoms with E-state index in [1.165, 1.54) is 0 Å². The molecule has 1 aromatic rings. The van der Waals surface area contributed by atoms with Crippen molar-refractivity contribution in [3.8, 4) is 0 Å². The van der Waals surface area contributed by atoms with Gasteiger partial charge < -0.3 is 20.1 Å². The smallest absolute Gasteiger partial charge is 0.407 e. The molecule has 0 unspecified atom stereocenters. The van der Waals surface area contributed by atoms with Crippen LogP contribution < -0.4 is 10.6 Å². The van der Waals surface area contributed by atoms with Crippen LogP contribution in [0, 0.1) is 6.92 Å². The predicted octanol–water partition coefficient (Wildman–Crippen LogP) is 2.59. The van der Waals surface area contributed by atoms with Crippen molar-refractivity contribution in [2.24, 2.45) is 0 Å². The quantitative estimate of drug-likeness (QED) is 0.603. The average molecular weight is 383 g/mol. The van der Waals surface area contributed by atoms with Crippen LogP contribution in [0.4, 0.5) is 4.79 Å². The second-order valence-electron chi connectivity index (χ2n) is 7.11. The Morgan fingerprint density at radius 2 is 2.04 bits per heavy atom. The van der Waals surface area contributed by atoms with E-state index in [0.717, 1.165) is 16.7 Å². The summed E-state index contributed by atoms with van der Waals surface area (Å²) in [4.78, 5) is 35.4. The second-order valence-corrected chi connectivity index (χ2v) is 7.38. The Hall–Kier alpha value is -2.28. The van der Waals surface area contributed by atoms with Crippen molar-refractivity contribution in [1.29, 1.82) is 0 Å². The Balaban J connectivity index is 2.21. The molecule has 142 valence electrons. The van der Waals surface area contributed by atoms with Crippen molar-refractivity contribution in [2.45, 2.75) is 45.9 Å². The molecule has 1 aromatic carbocycles. The lowest BCUT2D eigenvalue weighted by atomic mass is 9.94. The third-order valence-electron chi connectivity index (χ3n) is 3.90. The number of halogens is 1. The summed E-state index contributed by atoms with van der Waals surface area (Å²) in [6.45, 7) is 7.47. The number of alkyl halides is 1. The van der Waals surface area contributed by atoms with Gasteiger partial charge in [0.05, 0.1) is 11.6 Å². The van der Waals surface area contributed by atoms with Gasteiger partial charge in [-0.05, 0) is 44.9 Å². The fraction of sp³-hybridized carbons (Fsp3) is 0.500. The number of rotatable bonds is 5. The summed E-state index contributed by atoms with van der Waals surface area (Å²) in [5.74, 6) is -0.962. The Morgan fingerprint density at radius 3 is 2.65 bits per heavy atom. The van der Waals surface area contributed by atoms with E-state index in [0.29, 0.717) is 5.56 Å². The van der Waals surface area contributed by atoms with Gasteiger partial charge in [-0.2, -0.15) is 0 Å². The molecule has 0 spiro atoms. The fourth-order valence-electron chi connectivity index (χ4n) is 2.69. The predicted molar refractivity (Wildman–Crippen MR) is 96.1 cm³/mol. The SMILES string of the molecule is Cc1c([C@H](COC(=O)NC(C)(C)C)NC(=O)CCl)ccc2c1COC2=O. The Bertz CT molecular complexity index is 727. The zero-order valence-electron chi connectivity index (χ0n) is 15.3. The van der Waals surface area contributed by atoms with Crippen LogP contribution in [0.1, 0.15) is 53.9 Å². The first-order chi connectivity index (χ1) is 12.1. The van der Waals surface area contributed by atoms with Crippen LogP contribution in [-0.4, -0.2) is 36.0 Å². The van der Waals surface area contributed by atoms with Crippen LogP contribution in [0.3, 0.4) is 0 Å². The van der Waals surface area contributed by atoms with E-state index in [4.69, 9.17) is 21.1 Å². The molecular weight excluding hydrogens is 360 g/mol. The lowest BCUT2D eigenvalue weighted by molar-refractivity contribution is -0.119. The van der Waals surface area contributed by atoms with Crippen molar-refractivity contribution in [1.82, 2.24) is 10.6 Å². The minimum atomic E-state index is -0.590. The number of nitrogens with one attached hydrogen (secondary N) is 2. The zero-order valence-corrected chi connectivity index (χ0v) is 16.0. The van der Waals surface area contributed by atoms with Crippen LogP contribution in [0.5, 0.6) is 0 Å². The van der Waals surface area contributed by atoms with Gasteiger partial charge in [-0.25, -0.2) is 9.59 Å². The van der Waals surface area contributed by atoms with Gasteiger partial charge in [0.1, 0.15) is 19.1 Å². The van der Waals surface area contributed by atoms with Crippen LogP contribution in [0.25, 0.3) is 0 Å². The van der Waals surface area contributed by atoms with Crippen LogP contribution in [-0.2, 0) is 20.9 Å². The minimum Gasteiger partial charge on any atom is -0.457 e.